The lowest BCUT2D eigenvalue weighted by molar-refractivity contribution is -0.0328. The van der Waals surface area contributed by atoms with Crippen molar-refractivity contribution in [3.05, 3.63) is 24.0 Å². The molecule has 2 rings (SSSR count). The first-order valence-electron chi connectivity index (χ1n) is 6.07. The SMILES string of the molecule is CCC1CN(Cc2cc(NN)ccn2)CCO1. The summed E-state index contributed by atoms with van der Waals surface area (Å²) in [6.07, 6.45) is 3.20. The number of ether oxygens (including phenoxy) is 1. The number of morpholine rings is 1. The highest BCUT2D eigenvalue weighted by molar-refractivity contribution is 5.41. The van der Waals surface area contributed by atoms with E-state index in [1.165, 1.54) is 0 Å². The molecule has 5 nitrogen and oxygen atoms in total. The molecule has 94 valence electrons. The van der Waals surface area contributed by atoms with Gasteiger partial charge >= 0.3 is 0 Å². The Bertz CT molecular complexity index is 358. The van der Waals surface area contributed by atoms with E-state index in [-0.39, 0.29) is 0 Å². The summed E-state index contributed by atoms with van der Waals surface area (Å²) in [5, 5.41) is 0. The maximum absolute atomic E-state index is 5.65. The standard InChI is InChI=1S/C12H20N4O/c1-2-12-9-16(5-6-17-12)8-11-7-10(15-13)3-4-14-11/h3-4,7,12H,2,5-6,8-9,13H2,1H3,(H,14,15). The molecule has 1 saturated heterocycles. The van der Waals surface area contributed by atoms with Crippen LogP contribution in [-0.4, -0.2) is 35.7 Å². The molecule has 1 atom stereocenters. The predicted molar refractivity (Wildman–Crippen MR) is 67.4 cm³/mol. The lowest BCUT2D eigenvalue weighted by Crippen LogP contribution is -2.41. The molecule has 0 amide bonds. The Kier molecular flexibility index (Phi) is 4.30. The highest BCUT2D eigenvalue weighted by atomic mass is 16.5. The van der Waals surface area contributed by atoms with Gasteiger partial charge in [0.25, 0.3) is 0 Å². The molecular weight excluding hydrogens is 216 g/mol. The molecule has 3 N–H and O–H groups in total. The maximum Gasteiger partial charge on any atom is 0.0700 e. The van der Waals surface area contributed by atoms with Crippen molar-refractivity contribution >= 4 is 5.69 Å². The Morgan fingerprint density at radius 3 is 3.29 bits per heavy atom. The normalized spacial score (nSPS) is 21.4. The van der Waals surface area contributed by atoms with Gasteiger partial charge in [0, 0.05) is 25.8 Å². The summed E-state index contributed by atoms with van der Waals surface area (Å²) in [4.78, 5) is 6.73. The van der Waals surface area contributed by atoms with Crippen LogP contribution in [0.3, 0.4) is 0 Å². The van der Waals surface area contributed by atoms with Crippen LogP contribution in [0.15, 0.2) is 18.3 Å². The number of anilines is 1. The molecule has 0 radical (unpaired) electrons. The number of aromatic nitrogens is 1. The Morgan fingerprint density at radius 2 is 2.53 bits per heavy atom. The topological polar surface area (TPSA) is 63.4 Å². The monoisotopic (exact) mass is 236 g/mol. The van der Waals surface area contributed by atoms with E-state index in [2.05, 4.69) is 22.2 Å². The number of nitrogen functional groups attached to an aromatic ring is 1. The molecule has 17 heavy (non-hydrogen) atoms. The predicted octanol–water partition coefficient (Wildman–Crippen LogP) is 0.978. The number of nitrogens with zero attached hydrogens (tertiary/aromatic N) is 2. The van der Waals surface area contributed by atoms with Crippen molar-refractivity contribution in [2.24, 2.45) is 5.84 Å². The average molecular weight is 236 g/mol. The van der Waals surface area contributed by atoms with Crippen LogP contribution in [0.5, 0.6) is 0 Å². The van der Waals surface area contributed by atoms with Crippen LogP contribution >= 0.6 is 0 Å². The molecule has 0 bridgehead atoms. The quantitative estimate of drug-likeness (QED) is 0.602. The van der Waals surface area contributed by atoms with E-state index in [4.69, 9.17) is 10.6 Å². The number of nitrogens with two attached hydrogens (primary N) is 1. The highest BCUT2D eigenvalue weighted by Gasteiger charge is 2.19. The van der Waals surface area contributed by atoms with Crippen LogP contribution in [0, 0.1) is 0 Å². The molecule has 0 spiro atoms. The van der Waals surface area contributed by atoms with Gasteiger partial charge in [-0.15, -0.1) is 0 Å². The second-order valence-electron chi connectivity index (χ2n) is 4.32. The third-order valence-corrected chi connectivity index (χ3v) is 3.05. The minimum atomic E-state index is 0.361. The summed E-state index contributed by atoms with van der Waals surface area (Å²) in [6.45, 7) is 5.78. The first-order chi connectivity index (χ1) is 8.31. The zero-order valence-electron chi connectivity index (χ0n) is 10.2. The fraction of sp³-hybridized carbons (Fsp3) is 0.583. The van der Waals surface area contributed by atoms with Crippen molar-refractivity contribution in [2.45, 2.75) is 26.0 Å². The van der Waals surface area contributed by atoms with Crippen molar-refractivity contribution in [2.75, 3.05) is 25.1 Å². The third kappa shape index (κ3) is 3.39. The van der Waals surface area contributed by atoms with Crippen LogP contribution in [0.4, 0.5) is 5.69 Å². The summed E-state index contributed by atoms with van der Waals surface area (Å²) in [5.74, 6) is 5.38. The molecule has 1 unspecified atom stereocenters. The summed E-state index contributed by atoms with van der Waals surface area (Å²) in [6, 6.07) is 3.84. The Hall–Kier alpha value is -1.17. The summed E-state index contributed by atoms with van der Waals surface area (Å²) >= 11 is 0. The van der Waals surface area contributed by atoms with E-state index in [9.17, 15) is 0 Å². The Balaban J connectivity index is 1.95. The van der Waals surface area contributed by atoms with E-state index in [1.807, 2.05) is 12.1 Å². The fourth-order valence-corrected chi connectivity index (χ4v) is 2.05. The molecule has 1 aromatic heterocycles. The average Bonchev–Trinajstić information content (AvgIpc) is 2.39. The molecule has 1 aromatic rings. The van der Waals surface area contributed by atoms with E-state index in [1.54, 1.807) is 6.20 Å². The smallest absolute Gasteiger partial charge is 0.0700 e. The molecule has 5 heteroatoms. The van der Waals surface area contributed by atoms with Crippen LogP contribution in [0.1, 0.15) is 19.0 Å². The van der Waals surface area contributed by atoms with Gasteiger partial charge in [0.05, 0.1) is 24.1 Å². The first-order valence-corrected chi connectivity index (χ1v) is 6.07. The second-order valence-corrected chi connectivity index (χ2v) is 4.32. The highest BCUT2D eigenvalue weighted by Crippen LogP contribution is 2.13. The second kappa shape index (κ2) is 5.95. The zero-order chi connectivity index (χ0) is 12.1. The third-order valence-electron chi connectivity index (χ3n) is 3.05. The molecule has 0 aromatic carbocycles. The van der Waals surface area contributed by atoms with Crippen LogP contribution in [0.2, 0.25) is 0 Å². The van der Waals surface area contributed by atoms with Crippen molar-refractivity contribution in [3.63, 3.8) is 0 Å². The molecule has 0 saturated carbocycles. The van der Waals surface area contributed by atoms with E-state index in [0.29, 0.717) is 6.10 Å². The number of rotatable bonds is 4. The minimum Gasteiger partial charge on any atom is -0.376 e. The number of hydrogen-bond acceptors (Lipinski definition) is 5. The number of hydrazine groups is 1. The van der Waals surface area contributed by atoms with Gasteiger partial charge in [-0.25, -0.2) is 0 Å². The van der Waals surface area contributed by atoms with Gasteiger partial charge in [0.15, 0.2) is 0 Å². The molecular formula is C12H20N4O. The van der Waals surface area contributed by atoms with Gasteiger partial charge in [-0.05, 0) is 18.6 Å². The first kappa shape index (κ1) is 12.3. The number of hydrogen-bond donors (Lipinski definition) is 2. The van der Waals surface area contributed by atoms with Crippen LogP contribution in [0.25, 0.3) is 0 Å². The van der Waals surface area contributed by atoms with Crippen LogP contribution < -0.4 is 11.3 Å². The lowest BCUT2D eigenvalue weighted by atomic mass is 10.2. The van der Waals surface area contributed by atoms with Gasteiger partial charge in [-0.1, -0.05) is 6.92 Å². The summed E-state index contributed by atoms with van der Waals surface area (Å²) < 4.78 is 5.65. The van der Waals surface area contributed by atoms with Gasteiger partial charge in [0.2, 0.25) is 0 Å². The molecule has 1 fully saturated rings. The van der Waals surface area contributed by atoms with Crippen molar-refractivity contribution in [1.29, 1.82) is 0 Å². The minimum absolute atomic E-state index is 0.361. The number of pyridine rings is 1. The van der Waals surface area contributed by atoms with E-state index in [0.717, 1.165) is 44.0 Å². The van der Waals surface area contributed by atoms with Gasteiger partial charge < -0.3 is 10.2 Å². The molecule has 1 aliphatic heterocycles. The maximum atomic E-state index is 5.65. The molecule has 2 heterocycles. The Labute approximate surface area is 102 Å². The largest absolute Gasteiger partial charge is 0.376 e. The van der Waals surface area contributed by atoms with Crippen molar-refractivity contribution in [3.8, 4) is 0 Å². The van der Waals surface area contributed by atoms with Crippen molar-refractivity contribution < 1.29 is 4.74 Å². The van der Waals surface area contributed by atoms with E-state index >= 15 is 0 Å². The zero-order valence-corrected chi connectivity index (χ0v) is 10.2. The van der Waals surface area contributed by atoms with Crippen molar-refractivity contribution in [1.82, 2.24) is 9.88 Å². The van der Waals surface area contributed by atoms with Gasteiger partial charge in [0.1, 0.15) is 0 Å². The molecule has 0 aliphatic carbocycles. The van der Waals surface area contributed by atoms with Gasteiger partial charge in [-0.2, -0.15) is 0 Å². The summed E-state index contributed by atoms with van der Waals surface area (Å²) in [5.41, 5.74) is 4.58. The fourth-order valence-electron chi connectivity index (χ4n) is 2.05. The number of nitrogens with one attached hydrogen (secondary N) is 1. The lowest BCUT2D eigenvalue weighted by Gasteiger charge is -2.32. The summed E-state index contributed by atoms with van der Waals surface area (Å²) in [7, 11) is 0. The van der Waals surface area contributed by atoms with Crippen LogP contribution in [-0.2, 0) is 11.3 Å². The van der Waals surface area contributed by atoms with E-state index < -0.39 is 0 Å². The Morgan fingerprint density at radius 1 is 1.65 bits per heavy atom. The van der Waals surface area contributed by atoms with Gasteiger partial charge in [-0.3, -0.25) is 15.7 Å². The molecule has 1 aliphatic rings.